The summed E-state index contributed by atoms with van der Waals surface area (Å²) in [6.07, 6.45) is 2.56. The molecule has 0 aliphatic carbocycles. The fourth-order valence-electron chi connectivity index (χ4n) is 1.80. The number of aryl methyl sites for hydroxylation is 1. The molecule has 0 fully saturated rings. The van der Waals surface area contributed by atoms with Crippen LogP contribution in [0.2, 0.25) is 0 Å². The zero-order chi connectivity index (χ0) is 14.6. The second-order valence-corrected chi connectivity index (χ2v) is 7.09. The summed E-state index contributed by atoms with van der Waals surface area (Å²) in [5, 5.41) is 7.61. The van der Waals surface area contributed by atoms with Gasteiger partial charge in [-0.15, -0.1) is 5.10 Å². The van der Waals surface area contributed by atoms with Gasteiger partial charge in [-0.05, 0) is 35.7 Å². The highest BCUT2D eigenvalue weighted by molar-refractivity contribution is 9.10. The molecule has 1 atom stereocenters. The molecule has 0 saturated carbocycles. The number of unbranched alkanes of at least 4 members (excludes halogenated alkanes) is 1. The van der Waals surface area contributed by atoms with E-state index in [1.54, 1.807) is 11.4 Å². The molecule has 0 amide bonds. The van der Waals surface area contributed by atoms with Crippen molar-refractivity contribution in [2.45, 2.75) is 51.1 Å². The monoisotopic (exact) mass is 352 g/mol. The minimum absolute atomic E-state index is 0.0432. The van der Waals surface area contributed by atoms with Crippen LogP contribution in [0, 0.1) is 0 Å². The average molecular weight is 353 g/mol. The molecule has 1 unspecified atom stereocenters. The fraction of sp³-hybridized carbons (Fsp3) is 0.818. The lowest BCUT2D eigenvalue weighted by Gasteiger charge is -2.27. The Morgan fingerprint density at radius 1 is 1.42 bits per heavy atom. The van der Waals surface area contributed by atoms with Crippen LogP contribution in [0.4, 0.5) is 0 Å². The molecule has 6 nitrogen and oxygen atoms in total. The normalized spacial score (nSPS) is 14.0. The summed E-state index contributed by atoms with van der Waals surface area (Å²) in [4.78, 5) is 0. The molecule has 19 heavy (non-hydrogen) atoms. The van der Waals surface area contributed by atoms with E-state index in [1.807, 2.05) is 20.8 Å². The maximum absolute atomic E-state index is 12.7. The summed E-state index contributed by atoms with van der Waals surface area (Å²) < 4.78 is 28.6. The van der Waals surface area contributed by atoms with E-state index in [9.17, 15) is 8.42 Å². The van der Waals surface area contributed by atoms with Crippen LogP contribution in [0.3, 0.4) is 0 Å². The summed E-state index contributed by atoms with van der Waals surface area (Å²) in [7, 11) is -2.00. The summed E-state index contributed by atoms with van der Waals surface area (Å²) >= 11 is 3.16. The Balaban J connectivity index is 3.19. The summed E-state index contributed by atoms with van der Waals surface area (Å²) in [6.45, 7) is 6.47. The standard InChI is InChI=1S/C11H21BrN4O2S/c1-5-7-8-16(9(3)6-2)19(17,18)11-10(12)13-14-15(11)4/h9H,5-8H2,1-4H3. The van der Waals surface area contributed by atoms with E-state index in [0.29, 0.717) is 6.54 Å². The first-order chi connectivity index (χ1) is 8.86. The number of sulfonamides is 1. The van der Waals surface area contributed by atoms with E-state index in [2.05, 4.69) is 26.2 Å². The smallest absolute Gasteiger partial charge is 0.235 e. The van der Waals surface area contributed by atoms with Crippen LogP contribution >= 0.6 is 15.9 Å². The maximum Gasteiger partial charge on any atom is 0.263 e. The second kappa shape index (κ2) is 6.81. The van der Waals surface area contributed by atoms with E-state index < -0.39 is 10.0 Å². The lowest BCUT2D eigenvalue weighted by atomic mass is 10.2. The van der Waals surface area contributed by atoms with Crippen LogP contribution in [0.25, 0.3) is 0 Å². The van der Waals surface area contributed by atoms with Crippen molar-refractivity contribution in [3.63, 3.8) is 0 Å². The third kappa shape index (κ3) is 3.55. The van der Waals surface area contributed by atoms with Gasteiger partial charge in [-0.2, -0.15) is 4.31 Å². The Morgan fingerprint density at radius 3 is 2.47 bits per heavy atom. The minimum Gasteiger partial charge on any atom is -0.235 e. The molecule has 0 aromatic carbocycles. The van der Waals surface area contributed by atoms with Crippen LogP contribution in [-0.2, 0) is 17.1 Å². The molecule has 0 radical (unpaired) electrons. The van der Waals surface area contributed by atoms with Gasteiger partial charge in [0.15, 0.2) is 4.60 Å². The van der Waals surface area contributed by atoms with Crippen molar-refractivity contribution < 1.29 is 8.42 Å². The van der Waals surface area contributed by atoms with Crippen LogP contribution in [0.15, 0.2) is 9.63 Å². The SMILES string of the molecule is CCCCN(C(C)CC)S(=O)(=O)c1c(Br)nnn1C. The largest absolute Gasteiger partial charge is 0.263 e. The van der Waals surface area contributed by atoms with Gasteiger partial charge in [0, 0.05) is 19.6 Å². The number of halogens is 1. The Bertz CT molecular complexity index is 495. The van der Waals surface area contributed by atoms with E-state index in [0.717, 1.165) is 19.3 Å². The Hall–Kier alpha value is -0.470. The minimum atomic E-state index is -3.58. The van der Waals surface area contributed by atoms with Gasteiger partial charge >= 0.3 is 0 Å². The van der Waals surface area contributed by atoms with Gasteiger partial charge in [0.1, 0.15) is 0 Å². The van der Waals surface area contributed by atoms with E-state index >= 15 is 0 Å². The number of aromatic nitrogens is 3. The Labute approximate surface area is 123 Å². The van der Waals surface area contributed by atoms with E-state index in [1.165, 1.54) is 4.68 Å². The number of hydrogen-bond acceptors (Lipinski definition) is 4. The van der Waals surface area contributed by atoms with Gasteiger partial charge in [0.2, 0.25) is 5.03 Å². The van der Waals surface area contributed by atoms with Crippen LogP contribution in [0.5, 0.6) is 0 Å². The van der Waals surface area contributed by atoms with E-state index in [-0.39, 0.29) is 15.7 Å². The maximum atomic E-state index is 12.7. The third-order valence-electron chi connectivity index (χ3n) is 3.10. The molecule has 1 rings (SSSR count). The molecule has 0 aliphatic rings. The van der Waals surface area contributed by atoms with Crippen LogP contribution in [0.1, 0.15) is 40.0 Å². The van der Waals surface area contributed by atoms with Crippen molar-refractivity contribution in [3.05, 3.63) is 4.60 Å². The van der Waals surface area contributed by atoms with Crippen molar-refractivity contribution in [3.8, 4) is 0 Å². The third-order valence-corrected chi connectivity index (χ3v) is 6.01. The first-order valence-corrected chi connectivity index (χ1v) is 8.66. The van der Waals surface area contributed by atoms with Crippen molar-refractivity contribution in [1.29, 1.82) is 0 Å². The summed E-state index contributed by atoms with van der Waals surface area (Å²) in [5.41, 5.74) is 0. The molecule has 1 aromatic heterocycles. The summed E-state index contributed by atoms with van der Waals surface area (Å²) in [5.74, 6) is 0. The number of rotatable bonds is 7. The fourth-order valence-corrected chi connectivity index (χ4v) is 4.58. The second-order valence-electron chi connectivity index (χ2n) is 4.54. The van der Waals surface area contributed by atoms with E-state index in [4.69, 9.17) is 0 Å². The molecule has 0 bridgehead atoms. The van der Waals surface area contributed by atoms with Gasteiger partial charge in [0.25, 0.3) is 10.0 Å². The van der Waals surface area contributed by atoms with Gasteiger partial charge in [0.05, 0.1) is 0 Å². The van der Waals surface area contributed by atoms with Gasteiger partial charge in [-0.1, -0.05) is 25.5 Å². The Morgan fingerprint density at radius 2 is 2.05 bits per heavy atom. The predicted molar refractivity (Wildman–Crippen MR) is 77.3 cm³/mol. The van der Waals surface area contributed by atoms with Gasteiger partial charge < -0.3 is 0 Å². The quantitative estimate of drug-likeness (QED) is 0.753. The van der Waals surface area contributed by atoms with Gasteiger partial charge in [-0.25, -0.2) is 13.1 Å². The molecule has 110 valence electrons. The number of nitrogens with zero attached hydrogens (tertiary/aromatic N) is 4. The molecular formula is C11H21BrN4O2S. The molecular weight excluding hydrogens is 332 g/mol. The van der Waals surface area contributed by atoms with Crippen LogP contribution < -0.4 is 0 Å². The van der Waals surface area contributed by atoms with Crippen molar-refractivity contribution in [1.82, 2.24) is 19.3 Å². The highest BCUT2D eigenvalue weighted by atomic mass is 79.9. The predicted octanol–water partition coefficient (Wildman–Crippen LogP) is 2.17. The summed E-state index contributed by atoms with van der Waals surface area (Å²) in [6, 6.07) is -0.0432. The van der Waals surface area contributed by atoms with Crippen molar-refractivity contribution >= 4 is 26.0 Å². The molecule has 1 heterocycles. The Kier molecular flexibility index (Phi) is 5.94. The average Bonchev–Trinajstić information content (AvgIpc) is 2.69. The van der Waals surface area contributed by atoms with Gasteiger partial charge in [-0.3, -0.25) is 0 Å². The zero-order valence-electron chi connectivity index (χ0n) is 11.8. The molecule has 0 spiro atoms. The molecule has 0 N–H and O–H groups in total. The highest BCUT2D eigenvalue weighted by Gasteiger charge is 2.33. The molecule has 0 aliphatic heterocycles. The first kappa shape index (κ1) is 16.6. The highest BCUT2D eigenvalue weighted by Crippen LogP contribution is 2.24. The topological polar surface area (TPSA) is 68.1 Å². The molecule has 0 saturated heterocycles. The van der Waals surface area contributed by atoms with Crippen molar-refractivity contribution in [2.24, 2.45) is 7.05 Å². The lowest BCUT2D eigenvalue weighted by Crippen LogP contribution is -2.40. The van der Waals surface area contributed by atoms with Crippen LogP contribution in [-0.4, -0.2) is 40.3 Å². The first-order valence-electron chi connectivity index (χ1n) is 6.43. The molecule has 8 heteroatoms. The van der Waals surface area contributed by atoms with Crippen molar-refractivity contribution in [2.75, 3.05) is 6.54 Å². The zero-order valence-corrected chi connectivity index (χ0v) is 14.2. The lowest BCUT2D eigenvalue weighted by molar-refractivity contribution is 0.321. The molecule has 1 aromatic rings. The number of hydrogen-bond donors (Lipinski definition) is 0.